The Morgan fingerprint density at radius 3 is 2.53 bits per heavy atom. The van der Waals surface area contributed by atoms with E-state index in [2.05, 4.69) is 0 Å². The molecule has 0 aromatic heterocycles. The molecule has 10 heteroatoms. The summed E-state index contributed by atoms with van der Waals surface area (Å²) < 4.78 is 64.0. The number of halogens is 1. The highest BCUT2D eigenvalue weighted by molar-refractivity contribution is 7.89. The fourth-order valence-electron chi connectivity index (χ4n) is 6.61. The molecular formula is C33H36FNO7S. The van der Waals surface area contributed by atoms with Crippen LogP contribution < -0.4 is 14.2 Å². The lowest BCUT2D eigenvalue weighted by Crippen LogP contribution is -2.44. The minimum Gasteiger partial charge on any atom is -0.492 e. The first-order valence-electron chi connectivity index (χ1n) is 14.6. The third-order valence-electron chi connectivity index (χ3n) is 8.78. The lowest BCUT2D eigenvalue weighted by atomic mass is 9.90. The molecule has 1 unspecified atom stereocenters. The van der Waals surface area contributed by atoms with Crippen molar-refractivity contribution >= 4 is 16.0 Å². The average Bonchev–Trinajstić information content (AvgIpc) is 3.56. The second-order valence-electron chi connectivity index (χ2n) is 11.7. The summed E-state index contributed by atoms with van der Waals surface area (Å²) in [7, 11) is -0.242. The smallest absolute Gasteiger partial charge is 0.306 e. The van der Waals surface area contributed by atoms with Gasteiger partial charge in [-0.05, 0) is 78.8 Å². The maximum Gasteiger partial charge on any atom is 0.306 e. The van der Waals surface area contributed by atoms with E-state index in [0.717, 1.165) is 33.4 Å². The molecule has 3 atom stereocenters. The minimum atomic E-state index is -3.20. The lowest BCUT2D eigenvalue weighted by Gasteiger charge is -2.30. The van der Waals surface area contributed by atoms with Crippen LogP contribution in [-0.2, 0) is 26.0 Å². The van der Waals surface area contributed by atoms with Crippen LogP contribution >= 0.6 is 0 Å². The van der Waals surface area contributed by atoms with Gasteiger partial charge in [0.15, 0.2) is 0 Å². The molecule has 0 spiro atoms. The molecule has 3 aromatic carbocycles. The van der Waals surface area contributed by atoms with Gasteiger partial charge in [0.1, 0.15) is 35.3 Å². The Kier molecular flexibility index (Phi) is 7.85. The number of fused-ring (bicyclic) bond motifs is 2. The highest BCUT2D eigenvalue weighted by Gasteiger charge is 2.33. The standard InChI is InChI=1S/C33H36FNO7S/c1-19-13-24(41-23-11-12-43(37,38)35(3)17-23)14-20(2)32(19)26-7-9-28(34)33-27(26)8-10-29(33)42-22-5-6-25-21(15-31(36)39-4)18-40-30(25)16-22/h5-7,9,13-14,16,21,23,29H,8,10-12,15,17-18H2,1-4H3/t21-,23?,29-/m1/s1. The van der Waals surface area contributed by atoms with Gasteiger partial charge in [0.25, 0.3) is 0 Å². The first-order chi connectivity index (χ1) is 20.5. The SMILES string of the molecule is COC(=O)C[C@@H]1COc2cc(O[C@@H]3CCc4c(-c5c(C)cc(OC6CCS(=O)(=O)N(C)C6)cc5C)ccc(F)c43)ccc21. The monoisotopic (exact) mass is 609 g/mol. The van der Waals surface area contributed by atoms with Crippen LogP contribution in [0.4, 0.5) is 4.39 Å². The number of hydrogen-bond acceptors (Lipinski definition) is 7. The number of likely N-dealkylation sites (N-methyl/N-ethyl adjacent to an activating group) is 1. The number of benzene rings is 3. The van der Waals surface area contributed by atoms with Crippen molar-refractivity contribution in [2.24, 2.45) is 0 Å². The molecule has 1 saturated heterocycles. The number of carbonyl (C=O) groups excluding carboxylic acids is 1. The predicted molar refractivity (Wildman–Crippen MR) is 160 cm³/mol. The topological polar surface area (TPSA) is 91.4 Å². The summed E-state index contributed by atoms with van der Waals surface area (Å²) in [5.41, 5.74) is 6.49. The van der Waals surface area contributed by atoms with Gasteiger partial charge in [0.05, 0.1) is 32.4 Å². The van der Waals surface area contributed by atoms with Crippen molar-refractivity contribution < 1.29 is 36.6 Å². The van der Waals surface area contributed by atoms with E-state index in [9.17, 15) is 13.2 Å². The summed E-state index contributed by atoms with van der Waals surface area (Å²) in [5.74, 6) is 1.41. The van der Waals surface area contributed by atoms with Crippen molar-refractivity contribution in [3.05, 3.63) is 76.1 Å². The molecule has 0 saturated carbocycles. The number of ether oxygens (including phenoxy) is 4. The van der Waals surface area contributed by atoms with E-state index in [-0.39, 0.29) is 36.0 Å². The van der Waals surface area contributed by atoms with E-state index in [1.54, 1.807) is 7.05 Å². The van der Waals surface area contributed by atoms with Crippen molar-refractivity contribution in [2.45, 2.75) is 57.7 Å². The van der Waals surface area contributed by atoms with Crippen molar-refractivity contribution in [3.63, 3.8) is 0 Å². The number of aryl methyl sites for hydroxylation is 2. The summed E-state index contributed by atoms with van der Waals surface area (Å²) in [4.78, 5) is 11.8. The number of hydrogen-bond donors (Lipinski definition) is 0. The van der Waals surface area contributed by atoms with Gasteiger partial charge in [0, 0.05) is 36.6 Å². The van der Waals surface area contributed by atoms with E-state index in [4.69, 9.17) is 18.9 Å². The zero-order valence-corrected chi connectivity index (χ0v) is 25.6. The molecule has 1 fully saturated rings. The number of methoxy groups -OCH3 is 1. The number of nitrogens with zero attached hydrogens (tertiary/aromatic N) is 1. The Morgan fingerprint density at radius 2 is 1.81 bits per heavy atom. The van der Waals surface area contributed by atoms with E-state index in [1.807, 2.05) is 50.2 Å². The first kappa shape index (κ1) is 29.4. The Labute approximate surface area is 251 Å². The summed E-state index contributed by atoms with van der Waals surface area (Å²) in [6.45, 7) is 4.76. The van der Waals surface area contributed by atoms with E-state index < -0.39 is 16.1 Å². The minimum absolute atomic E-state index is 0.0628. The highest BCUT2D eigenvalue weighted by Crippen LogP contribution is 2.45. The zero-order valence-electron chi connectivity index (χ0n) is 24.8. The second-order valence-corrected chi connectivity index (χ2v) is 13.9. The Hall–Kier alpha value is -3.63. The number of carbonyl (C=O) groups is 1. The molecular weight excluding hydrogens is 573 g/mol. The Bertz CT molecular complexity index is 1670. The van der Waals surface area contributed by atoms with E-state index in [1.165, 1.54) is 17.5 Å². The van der Waals surface area contributed by atoms with Crippen LogP contribution in [-0.4, -0.2) is 57.9 Å². The highest BCUT2D eigenvalue weighted by atomic mass is 32.2. The fraction of sp³-hybridized carbons (Fsp3) is 0.424. The quantitative estimate of drug-likeness (QED) is 0.321. The largest absolute Gasteiger partial charge is 0.492 e. The van der Waals surface area contributed by atoms with Gasteiger partial charge in [-0.1, -0.05) is 12.1 Å². The maximum atomic E-state index is 15.4. The van der Waals surface area contributed by atoms with E-state index >= 15 is 4.39 Å². The molecule has 3 aliphatic rings. The molecule has 6 rings (SSSR count). The maximum absolute atomic E-state index is 15.4. The zero-order chi connectivity index (χ0) is 30.5. The third-order valence-corrected chi connectivity index (χ3v) is 10.6. The van der Waals surface area contributed by atoms with Gasteiger partial charge in [0.2, 0.25) is 10.0 Å². The molecule has 2 heterocycles. The Balaban J connectivity index is 1.22. The molecule has 43 heavy (non-hydrogen) atoms. The average molecular weight is 610 g/mol. The van der Waals surface area contributed by atoms with Crippen LogP contribution in [0.1, 0.15) is 59.1 Å². The van der Waals surface area contributed by atoms with Crippen LogP contribution in [0, 0.1) is 19.7 Å². The Morgan fingerprint density at radius 1 is 1.05 bits per heavy atom. The van der Waals surface area contributed by atoms with Crippen molar-refractivity contribution in [1.82, 2.24) is 4.31 Å². The van der Waals surface area contributed by atoms with Gasteiger partial charge in [-0.15, -0.1) is 0 Å². The predicted octanol–water partition coefficient (Wildman–Crippen LogP) is 5.63. The summed E-state index contributed by atoms with van der Waals surface area (Å²) in [6.07, 6.45) is 1.36. The molecule has 228 valence electrons. The van der Waals surface area contributed by atoms with Crippen LogP contribution in [0.15, 0.2) is 42.5 Å². The summed E-state index contributed by atoms with van der Waals surface area (Å²) in [5, 5.41) is 0. The number of esters is 1. The second kappa shape index (κ2) is 11.5. The molecule has 0 amide bonds. The van der Waals surface area contributed by atoms with Crippen molar-refractivity contribution in [3.8, 4) is 28.4 Å². The van der Waals surface area contributed by atoms with Gasteiger partial charge < -0.3 is 18.9 Å². The van der Waals surface area contributed by atoms with Crippen LogP contribution in [0.5, 0.6) is 17.2 Å². The van der Waals surface area contributed by atoms with Gasteiger partial charge >= 0.3 is 5.97 Å². The van der Waals surface area contributed by atoms with Gasteiger partial charge in [-0.3, -0.25) is 4.79 Å². The summed E-state index contributed by atoms with van der Waals surface area (Å²) >= 11 is 0. The molecule has 0 radical (unpaired) electrons. The first-order valence-corrected chi connectivity index (χ1v) is 16.2. The fourth-order valence-corrected chi connectivity index (χ4v) is 7.87. The van der Waals surface area contributed by atoms with Crippen molar-refractivity contribution in [1.29, 1.82) is 0 Å². The van der Waals surface area contributed by atoms with Crippen LogP contribution in [0.3, 0.4) is 0 Å². The van der Waals surface area contributed by atoms with E-state index in [0.29, 0.717) is 55.2 Å². The number of rotatable bonds is 7. The van der Waals surface area contributed by atoms with Crippen LogP contribution in [0.2, 0.25) is 0 Å². The molecule has 0 N–H and O–H groups in total. The van der Waals surface area contributed by atoms with Crippen LogP contribution in [0.25, 0.3) is 11.1 Å². The summed E-state index contributed by atoms with van der Waals surface area (Å²) in [6, 6.07) is 12.9. The molecule has 8 nitrogen and oxygen atoms in total. The molecule has 3 aromatic rings. The van der Waals surface area contributed by atoms with Gasteiger partial charge in [-0.25, -0.2) is 17.1 Å². The molecule has 0 bridgehead atoms. The third kappa shape index (κ3) is 5.70. The number of sulfonamides is 1. The normalized spacial score (nSPS) is 22.4. The lowest BCUT2D eigenvalue weighted by molar-refractivity contribution is -0.141. The molecule has 2 aliphatic heterocycles. The molecule has 1 aliphatic carbocycles. The van der Waals surface area contributed by atoms with Crippen molar-refractivity contribution in [2.75, 3.05) is 33.1 Å². The van der Waals surface area contributed by atoms with Gasteiger partial charge in [-0.2, -0.15) is 0 Å².